The van der Waals surface area contributed by atoms with Crippen molar-refractivity contribution < 1.29 is 9.90 Å². The molecule has 1 aromatic heterocycles. The van der Waals surface area contributed by atoms with Crippen molar-refractivity contribution in [1.29, 1.82) is 0 Å². The highest BCUT2D eigenvalue weighted by Crippen LogP contribution is 2.23. The second-order valence-electron chi connectivity index (χ2n) is 5.29. The SMILES string of the molecule is O=C(O)C1CCN(c2nc3c(c(=O)[nH]2)CCCC3)C1. The van der Waals surface area contributed by atoms with Crippen molar-refractivity contribution >= 4 is 11.9 Å². The van der Waals surface area contributed by atoms with Gasteiger partial charge >= 0.3 is 5.97 Å². The third kappa shape index (κ3) is 2.22. The van der Waals surface area contributed by atoms with Crippen LogP contribution in [0.1, 0.15) is 30.5 Å². The smallest absolute Gasteiger partial charge is 0.308 e. The second-order valence-corrected chi connectivity index (χ2v) is 5.29. The number of aromatic nitrogens is 2. The minimum absolute atomic E-state index is 0.0570. The fourth-order valence-electron chi connectivity index (χ4n) is 2.89. The molecule has 3 rings (SSSR count). The number of hydrogen-bond donors (Lipinski definition) is 2. The molecule has 6 heteroatoms. The summed E-state index contributed by atoms with van der Waals surface area (Å²) >= 11 is 0. The van der Waals surface area contributed by atoms with Crippen LogP contribution in [0.25, 0.3) is 0 Å². The van der Waals surface area contributed by atoms with Crippen molar-refractivity contribution in [2.45, 2.75) is 32.1 Å². The fourth-order valence-corrected chi connectivity index (χ4v) is 2.89. The predicted molar refractivity (Wildman–Crippen MR) is 69.5 cm³/mol. The quantitative estimate of drug-likeness (QED) is 0.814. The molecular weight excluding hydrogens is 246 g/mol. The molecule has 2 heterocycles. The minimum Gasteiger partial charge on any atom is -0.481 e. The molecule has 1 atom stereocenters. The zero-order valence-corrected chi connectivity index (χ0v) is 10.7. The number of carbonyl (C=O) groups is 1. The summed E-state index contributed by atoms with van der Waals surface area (Å²) in [6, 6.07) is 0. The van der Waals surface area contributed by atoms with Gasteiger partial charge in [0.15, 0.2) is 0 Å². The number of rotatable bonds is 2. The molecule has 1 aliphatic carbocycles. The molecule has 2 aliphatic rings. The number of fused-ring (bicyclic) bond motifs is 1. The molecule has 1 fully saturated rings. The molecular formula is C13H17N3O3. The van der Waals surface area contributed by atoms with Gasteiger partial charge in [-0.05, 0) is 32.1 Å². The molecule has 1 aromatic rings. The van der Waals surface area contributed by atoms with Crippen LogP contribution in [0.15, 0.2) is 4.79 Å². The molecule has 102 valence electrons. The molecule has 1 aliphatic heterocycles. The van der Waals surface area contributed by atoms with E-state index in [1.54, 1.807) is 0 Å². The van der Waals surface area contributed by atoms with E-state index in [2.05, 4.69) is 9.97 Å². The average molecular weight is 263 g/mol. The number of anilines is 1. The first kappa shape index (κ1) is 12.2. The van der Waals surface area contributed by atoms with Crippen molar-refractivity contribution in [3.8, 4) is 0 Å². The summed E-state index contributed by atoms with van der Waals surface area (Å²) in [5, 5.41) is 9.01. The van der Waals surface area contributed by atoms with Gasteiger partial charge in [0.05, 0.1) is 11.6 Å². The van der Waals surface area contributed by atoms with Gasteiger partial charge in [-0.1, -0.05) is 0 Å². The zero-order chi connectivity index (χ0) is 13.4. The van der Waals surface area contributed by atoms with Crippen molar-refractivity contribution in [3.05, 3.63) is 21.6 Å². The number of aryl methyl sites for hydroxylation is 1. The lowest BCUT2D eigenvalue weighted by Gasteiger charge is -2.20. The summed E-state index contributed by atoms with van der Waals surface area (Å²) in [5.74, 6) is -0.599. The molecule has 0 radical (unpaired) electrons. The van der Waals surface area contributed by atoms with Crippen molar-refractivity contribution in [2.24, 2.45) is 5.92 Å². The highest BCUT2D eigenvalue weighted by molar-refractivity contribution is 5.71. The molecule has 0 bridgehead atoms. The Morgan fingerprint density at radius 1 is 1.37 bits per heavy atom. The Balaban J connectivity index is 1.88. The van der Waals surface area contributed by atoms with E-state index in [4.69, 9.17) is 5.11 Å². The Morgan fingerprint density at radius 2 is 2.16 bits per heavy atom. The summed E-state index contributed by atoms with van der Waals surface area (Å²) in [6.07, 6.45) is 4.37. The molecule has 6 nitrogen and oxygen atoms in total. The molecule has 0 amide bonds. The number of nitrogens with one attached hydrogen (secondary N) is 1. The van der Waals surface area contributed by atoms with Gasteiger partial charge in [0, 0.05) is 18.7 Å². The van der Waals surface area contributed by atoms with Crippen LogP contribution in [0.3, 0.4) is 0 Å². The molecule has 0 aromatic carbocycles. The van der Waals surface area contributed by atoms with Gasteiger partial charge in [-0.25, -0.2) is 4.98 Å². The molecule has 1 unspecified atom stereocenters. The predicted octanol–water partition coefficient (Wildman–Crippen LogP) is 0.560. The molecule has 1 saturated heterocycles. The van der Waals surface area contributed by atoms with Gasteiger partial charge in [-0.15, -0.1) is 0 Å². The Bertz CT molecular complexity index is 567. The lowest BCUT2D eigenvalue weighted by molar-refractivity contribution is -0.140. The Labute approximate surface area is 110 Å². The lowest BCUT2D eigenvalue weighted by Crippen LogP contribution is -2.29. The van der Waals surface area contributed by atoms with E-state index in [-0.39, 0.29) is 11.5 Å². The summed E-state index contributed by atoms with van der Waals surface area (Å²) < 4.78 is 0. The van der Waals surface area contributed by atoms with Gasteiger partial charge in [0.2, 0.25) is 5.95 Å². The van der Waals surface area contributed by atoms with Crippen molar-refractivity contribution in [3.63, 3.8) is 0 Å². The minimum atomic E-state index is -0.775. The molecule has 19 heavy (non-hydrogen) atoms. The second kappa shape index (κ2) is 4.68. The van der Waals surface area contributed by atoms with E-state index < -0.39 is 5.97 Å². The number of carboxylic acids is 1. The summed E-state index contributed by atoms with van der Waals surface area (Å²) in [6.45, 7) is 1.07. The van der Waals surface area contributed by atoms with E-state index in [1.807, 2.05) is 4.90 Å². The number of aliphatic carboxylic acids is 1. The maximum atomic E-state index is 12.0. The van der Waals surface area contributed by atoms with E-state index in [0.717, 1.165) is 36.9 Å². The maximum absolute atomic E-state index is 12.0. The standard InChI is InChI=1S/C13H17N3O3/c17-11-9-3-1-2-4-10(9)14-13(15-11)16-6-5-8(7-16)12(18)19/h8H,1-7H2,(H,18,19)(H,14,15,17). The van der Waals surface area contributed by atoms with Crippen LogP contribution < -0.4 is 10.5 Å². The van der Waals surface area contributed by atoms with Gasteiger partial charge in [0.1, 0.15) is 0 Å². The van der Waals surface area contributed by atoms with Crippen molar-refractivity contribution in [1.82, 2.24) is 9.97 Å². The summed E-state index contributed by atoms with van der Waals surface area (Å²) in [7, 11) is 0. The third-order valence-corrected chi connectivity index (χ3v) is 4.02. The van der Waals surface area contributed by atoms with Crippen LogP contribution in [0.5, 0.6) is 0 Å². The number of carboxylic acid groups (broad SMARTS) is 1. The number of hydrogen-bond acceptors (Lipinski definition) is 4. The molecule has 0 spiro atoms. The Hall–Kier alpha value is -1.85. The third-order valence-electron chi connectivity index (χ3n) is 4.02. The Morgan fingerprint density at radius 3 is 2.89 bits per heavy atom. The first-order valence-electron chi connectivity index (χ1n) is 6.75. The van der Waals surface area contributed by atoms with Crippen molar-refractivity contribution in [2.75, 3.05) is 18.0 Å². The zero-order valence-electron chi connectivity index (χ0n) is 10.7. The van der Waals surface area contributed by atoms with Crippen LogP contribution in [0.2, 0.25) is 0 Å². The summed E-state index contributed by atoms with van der Waals surface area (Å²) in [5.41, 5.74) is 1.64. The Kier molecular flexibility index (Phi) is 3.00. The largest absolute Gasteiger partial charge is 0.481 e. The number of H-pyrrole nitrogens is 1. The lowest BCUT2D eigenvalue weighted by atomic mass is 9.97. The normalized spacial score (nSPS) is 22.3. The van der Waals surface area contributed by atoms with Crippen LogP contribution >= 0.6 is 0 Å². The van der Waals surface area contributed by atoms with Gasteiger partial charge in [-0.3, -0.25) is 14.6 Å². The highest BCUT2D eigenvalue weighted by atomic mass is 16.4. The number of aromatic amines is 1. The fraction of sp³-hybridized carbons (Fsp3) is 0.615. The average Bonchev–Trinajstić information content (AvgIpc) is 2.88. The van der Waals surface area contributed by atoms with Crippen LogP contribution in [-0.4, -0.2) is 34.1 Å². The van der Waals surface area contributed by atoms with Gasteiger partial charge in [-0.2, -0.15) is 0 Å². The van der Waals surface area contributed by atoms with Gasteiger partial charge in [0.25, 0.3) is 5.56 Å². The highest BCUT2D eigenvalue weighted by Gasteiger charge is 2.30. The van der Waals surface area contributed by atoms with E-state index in [1.165, 1.54) is 0 Å². The molecule has 0 saturated carbocycles. The van der Waals surface area contributed by atoms with Gasteiger partial charge < -0.3 is 10.0 Å². The monoisotopic (exact) mass is 263 g/mol. The first-order valence-corrected chi connectivity index (χ1v) is 6.75. The van der Waals surface area contributed by atoms with Crippen LogP contribution in [0, 0.1) is 5.92 Å². The molecule has 2 N–H and O–H groups in total. The topological polar surface area (TPSA) is 86.3 Å². The first-order chi connectivity index (χ1) is 9.15. The van der Waals surface area contributed by atoms with E-state index in [0.29, 0.717) is 25.5 Å². The number of nitrogens with zero attached hydrogens (tertiary/aromatic N) is 2. The maximum Gasteiger partial charge on any atom is 0.308 e. The van der Waals surface area contributed by atoms with Crippen LogP contribution in [0.4, 0.5) is 5.95 Å². The van der Waals surface area contributed by atoms with Crippen LogP contribution in [-0.2, 0) is 17.6 Å². The summed E-state index contributed by atoms with van der Waals surface area (Å²) in [4.78, 5) is 32.2. The van der Waals surface area contributed by atoms with E-state index in [9.17, 15) is 9.59 Å². The van der Waals surface area contributed by atoms with E-state index >= 15 is 0 Å².